The van der Waals surface area contributed by atoms with Gasteiger partial charge in [-0.3, -0.25) is 0 Å². The summed E-state index contributed by atoms with van der Waals surface area (Å²) in [6.07, 6.45) is 1.91. The minimum atomic E-state index is 0.0823. The van der Waals surface area contributed by atoms with E-state index in [1.807, 2.05) is 44.9 Å². The van der Waals surface area contributed by atoms with Gasteiger partial charge in [0.05, 0.1) is 6.10 Å². The lowest BCUT2D eigenvalue weighted by atomic mass is 10.3. The quantitative estimate of drug-likeness (QED) is 0.743. The fraction of sp³-hybridized carbons (Fsp3) is 0.583. The molecule has 0 bridgehead atoms. The fourth-order valence-corrected chi connectivity index (χ4v) is 1.69. The smallest absolute Gasteiger partial charge is 0.171 e. The van der Waals surface area contributed by atoms with Gasteiger partial charge in [-0.15, -0.1) is 11.6 Å². The molecule has 0 aliphatic heterocycles. The summed E-state index contributed by atoms with van der Waals surface area (Å²) in [6, 6.07) is 3.80. The molecule has 0 aliphatic rings. The topological polar surface area (TPSA) is 25.4 Å². The monoisotopic (exact) mass is 242 g/mol. The second kappa shape index (κ2) is 5.94. The maximum atomic E-state index is 5.97. The number of alkyl halides is 1. The second-order valence-electron chi connectivity index (χ2n) is 4.15. The lowest BCUT2D eigenvalue weighted by molar-refractivity contribution is 0.242. The van der Waals surface area contributed by atoms with Crippen LogP contribution in [0.2, 0.25) is 0 Å². The van der Waals surface area contributed by atoms with Gasteiger partial charge in [-0.1, -0.05) is 0 Å². The summed E-state index contributed by atoms with van der Waals surface area (Å²) in [5.74, 6) is 1.64. The maximum absolute atomic E-state index is 5.97. The Morgan fingerprint density at radius 2 is 2.12 bits per heavy atom. The predicted molar refractivity (Wildman–Crippen MR) is 68.6 cm³/mol. The van der Waals surface area contributed by atoms with Crippen molar-refractivity contribution in [2.75, 3.05) is 18.5 Å². The van der Waals surface area contributed by atoms with Crippen molar-refractivity contribution in [3.8, 4) is 5.75 Å². The molecule has 0 aliphatic carbocycles. The third kappa shape index (κ3) is 3.89. The van der Waals surface area contributed by atoms with Crippen LogP contribution in [0.1, 0.15) is 20.8 Å². The van der Waals surface area contributed by atoms with Crippen molar-refractivity contribution in [3.63, 3.8) is 0 Å². The van der Waals surface area contributed by atoms with Crippen molar-refractivity contribution in [2.24, 2.45) is 0 Å². The lowest BCUT2D eigenvalue weighted by Gasteiger charge is -2.22. The number of hydrogen-bond donors (Lipinski definition) is 0. The van der Waals surface area contributed by atoms with Gasteiger partial charge < -0.3 is 9.64 Å². The maximum Gasteiger partial charge on any atom is 0.171 e. The fourth-order valence-electron chi connectivity index (χ4n) is 1.48. The first-order valence-corrected chi connectivity index (χ1v) is 5.91. The molecule has 0 fully saturated rings. The van der Waals surface area contributed by atoms with Gasteiger partial charge in [-0.2, -0.15) is 0 Å². The highest BCUT2D eigenvalue weighted by Gasteiger charge is 2.12. The number of hydrogen-bond acceptors (Lipinski definition) is 3. The van der Waals surface area contributed by atoms with Crippen LogP contribution in [0, 0.1) is 0 Å². The average Bonchev–Trinajstić information content (AvgIpc) is 2.16. The van der Waals surface area contributed by atoms with Gasteiger partial charge in [0, 0.05) is 25.2 Å². The number of nitrogens with zero attached hydrogens (tertiary/aromatic N) is 2. The molecule has 0 saturated heterocycles. The molecule has 4 heteroatoms. The summed E-state index contributed by atoms with van der Waals surface area (Å²) in [7, 11) is 1.97. The van der Waals surface area contributed by atoms with Crippen LogP contribution in [0.5, 0.6) is 5.75 Å². The van der Waals surface area contributed by atoms with Gasteiger partial charge in [0.1, 0.15) is 0 Å². The molecule has 1 unspecified atom stereocenters. The Bertz CT molecular complexity index is 329. The van der Waals surface area contributed by atoms with Crippen molar-refractivity contribution >= 4 is 17.4 Å². The number of halogens is 1. The van der Waals surface area contributed by atoms with E-state index < -0.39 is 0 Å². The van der Waals surface area contributed by atoms with Gasteiger partial charge in [-0.05, 0) is 32.9 Å². The van der Waals surface area contributed by atoms with Crippen LogP contribution in [0.4, 0.5) is 5.82 Å². The summed E-state index contributed by atoms with van der Waals surface area (Å²) >= 11 is 5.97. The molecule has 0 aromatic carbocycles. The van der Waals surface area contributed by atoms with E-state index in [0.717, 1.165) is 18.1 Å². The molecule has 90 valence electrons. The van der Waals surface area contributed by atoms with Crippen molar-refractivity contribution in [1.82, 2.24) is 4.98 Å². The Morgan fingerprint density at radius 3 is 2.69 bits per heavy atom. The lowest BCUT2D eigenvalue weighted by Crippen LogP contribution is -2.26. The van der Waals surface area contributed by atoms with Gasteiger partial charge in [0.2, 0.25) is 0 Å². The molecular weight excluding hydrogens is 224 g/mol. The molecule has 0 N–H and O–H groups in total. The number of aromatic nitrogens is 1. The predicted octanol–water partition coefficient (Wildman–Crippen LogP) is 2.93. The zero-order chi connectivity index (χ0) is 12.1. The first kappa shape index (κ1) is 13.1. The zero-order valence-corrected chi connectivity index (χ0v) is 11.0. The molecule has 1 heterocycles. The molecule has 0 saturated carbocycles. The van der Waals surface area contributed by atoms with Crippen LogP contribution in [0.25, 0.3) is 0 Å². The number of rotatable bonds is 5. The van der Waals surface area contributed by atoms with Gasteiger partial charge in [-0.25, -0.2) is 4.98 Å². The molecule has 0 amide bonds. The molecular formula is C12H19ClN2O. The Morgan fingerprint density at radius 1 is 1.44 bits per heavy atom. The molecule has 1 aromatic heterocycles. The van der Waals surface area contributed by atoms with Crippen LogP contribution < -0.4 is 9.64 Å². The highest BCUT2D eigenvalue weighted by atomic mass is 35.5. The van der Waals surface area contributed by atoms with Crippen LogP contribution in [0.15, 0.2) is 18.3 Å². The van der Waals surface area contributed by atoms with Crippen LogP contribution in [-0.2, 0) is 0 Å². The van der Waals surface area contributed by atoms with Gasteiger partial charge in [0.15, 0.2) is 11.6 Å². The number of pyridine rings is 1. The Balaban J connectivity index is 2.85. The van der Waals surface area contributed by atoms with E-state index >= 15 is 0 Å². The summed E-state index contributed by atoms with van der Waals surface area (Å²) in [5, 5.41) is 0.0823. The average molecular weight is 243 g/mol. The second-order valence-corrected chi connectivity index (χ2v) is 4.90. The highest BCUT2D eigenvalue weighted by Crippen LogP contribution is 2.25. The minimum Gasteiger partial charge on any atom is -0.487 e. The summed E-state index contributed by atoms with van der Waals surface area (Å²) in [4.78, 5) is 6.34. The summed E-state index contributed by atoms with van der Waals surface area (Å²) in [5.41, 5.74) is 0. The van der Waals surface area contributed by atoms with Crippen molar-refractivity contribution in [1.29, 1.82) is 0 Å². The molecule has 3 nitrogen and oxygen atoms in total. The Hall–Kier alpha value is -0.960. The van der Waals surface area contributed by atoms with Crippen LogP contribution >= 0.6 is 11.6 Å². The first-order chi connectivity index (χ1) is 7.50. The molecule has 1 rings (SSSR count). The van der Waals surface area contributed by atoms with E-state index in [9.17, 15) is 0 Å². The van der Waals surface area contributed by atoms with Crippen molar-refractivity contribution in [2.45, 2.75) is 32.3 Å². The third-order valence-electron chi connectivity index (χ3n) is 2.00. The Labute approximate surface area is 102 Å². The van der Waals surface area contributed by atoms with E-state index in [4.69, 9.17) is 16.3 Å². The van der Waals surface area contributed by atoms with Crippen LogP contribution in [0.3, 0.4) is 0 Å². The van der Waals surface area contributed by atoms with E-state index in [1.165, 1.54) is 0 Å². The molecule has 1 aromatic rings. The molecule has 0 radical (unpaired) electrons. The minimum absolute atomic E-state index is 0.0823. The highest BCUT2D eigenvalue weighted by molar-refractivity contribution is 6.20. The number of anilines is 1. The van der Waals surface area contributed by atoms with E-state index in [0.29, 0.717) is 0 Å². The van der Waals surface area contributed by atoms with E-state index in [-0.39, 0.29) is 11.5 Å². The zero-order valence-electron chi connectivity index (χ0n) is 10.3. The van der Waals surface area contributed by atoms with Crippen LogP contribution in [-0.4, -0.2) is 30.1 Å². The third-order valence-corrected chi connectivity index (χ3v) is 2.14. The van der Waals surface area contributed by atoms with Gasteiger partial charge in [0.25, 0.3) is 0 Å². The molecule has 16 heavy (non-hydrogen) atoms. The summed E-state index contributed by atoms with van der Waals surface area (Å²) < 4.78 is 5.70. The number of ether oxygens (including phenoxy) is 1. The van der Waals surface area contributed by atoms with E-state index in [2.05, 4.69) is 4.98 Å². The van der Waals surface area contributed by atoms with Crippen molar-refractivity contribution in [3.05, 3.63) is 18.3 Å². The molecule has 0 spiro atoms. The normalized spacial score (nSPS) is 12.6. The summed E-state index contributed by atoms with van der Waals surface area (Å²) in [6.45, 7) is 6.71. The molecule has 1 atom stereocenters. The largest absolute Gasteiger partial charge is 0.487 e. The first-order valence-electron chi connectivity index (χ1n) is 5.47. The van der Waals surface area contributed by atoms with Gasteiger partial charge >= 0.3 is 0 Å². The standard InChI is InChI=1S/C12H19ClN2O/c1-9(2)16-11-6-5-7-14-12(11)15(4)8-10(3)13/h5-7,9-10H,8H2,1-4H3. The van der Waals surface area contributed by atoms with E-state index in [1.54, 1.807) is 6.20 Å². The Kier molecular flexibility index (Phi) is 4.87. The SMILES string of the molecule is CC(Cl)CN(C)c1ncccc1OC(C)C. The van der Waals surface area contributed by atoms with Crippen molar-refractivity contribution < 1.29 is 4.74 Å².